The number of nitrogens with one attached hydrogen (secondary N) is 1. The maximum atomic E-state index is 13.6. The molecule has 0 unspecified atom stereocenters. The van der Waals surface area contributed by atoms with Crippen LogP contribution in [0, 0.1) is 0 Å². The van der Waals surface area contributed by atoms with Crippen molar-refractivity contribution in [2.75, 3.05) is 32.1 Å². The Bertz CT molecular complexity index is 1240. The van der Waals surface area contributed by atoms with Gasteiger partial charge in [-0.25, -0.2) is 4.79 Å². The van der Waals surface area contributed by atoms with Crippen LogP contribution in [0.4, 0.5) is 23.7 Å². The summed E-state index contributed by atoms with van der Waals surface area (Å²) in [6, 6.07) is 14.8. The van der Waals surface area contributed by atoms with Crippen LogP contribution in [0.2, 0.25) is 0 Å². The number of nitrogens with zero attached hydrogens (tertiary/aromatic N) is 3. The smallest absolute Gasteiger partial charge is 0.416 e. The van der Waals surface area contributed by atoms with E-state index in [2.05, 4.69) is 9.88 Å². The number of rotatable bonds is 7. The molecule has 1 N–H and O–H groups in total. The number of halogens is 3. The van der Waals surface area contributed by atoms with E-state index in [1.807, 2.05) is 49.5 Å². The number of alkyl halides is 3. The fraction of sp³-hybridized carbons (Fsp3) is 0.333. The van der Waals surface area contributed by atoms with E-state index in [0.29, 0.717) is 31.8 Å². The minimum absolute atomic E-state index is 0.165. The van der Waals surface area contributed by atoms with Crippen LogP contribution in [0.3, 0.4) is 0 Å². The van der Waals surface area contributed by atoms with Crippen LogP contribution in [0.25, 0.3) is 0 Å². The molecule has 4 rings (SSSR count). The average molecular weight is 515 g/mol. The number of fused-ring (bicyclic) bond motifs is 1. The molecule has 1 aromatic heterocycles. The zero-order valence-corrected chi connectivity index (χ0v) is 20.7. The van der Waals surface area contributed by atoms with E-state index in [1.54, 1.807) is 12.0 Å². The molecule has 10 heteroatoms. The molecule has 3 amide bonds. The average Bonchev–Trinajstić information content (AvgIpc) is 3.36. The number of amides is 3. The van der Waals surface area contributed by atoms with Crippen molar-refractivity contribution in [3.63, 3.8) is 0 Å². The van der Waals surface area contributed by atoms with Gasteiger partial charge in [-0.15, -0.1) is 0 Å². The van der Waals surface area contributed by atoms with Crippen LogP contribution in [0.5, 0.6) is 5.75 Å². The quantitative estimate of drug-likeness (QED) is 0.460. The van der Waals surface area contributed by atoms with Gasteiger partial charge in [0.15, 0.2) is 0 Å². The summed E-state index contributed by atoms with van der Waals surface area (Å²) < 4.78 is 46.1. The highest BCUT2D eigenvalue weighted by atomic mass is 19.4. The Morgan fingerprint density at radius 3 is 2.51 bits per heavy atom. The van der Waals surface area contributed by atoms with E-state index in [-0.39, 0.29) is 24.2 Å². The molecule has 1 aliphatic rings. The van der Waals surface area contributed by atoms with Gasteiger partial charge in [-0.1, -0.05) is 19.1 Å². The molecule has 1 atom stereocenters. The van der Waals surface area contributed by atoms with Crippen LogP contribution in [-0.4, -0.2) is 53.0 Å². The highest BCUT2D eigenvalue weighted by Gasteiger charge is 2.34. The van der Waals surface area contributed by atoms with E-state index in [9.17, 15) is 22.8 Å². The lowest BCUT2D eigenvalue weighted by atomic mass is 9.99. The van der Waals surface area contributed by atoms with Gasteiger partial charge in [0.2, 0.25) is 5.91 Å². The molecule has 1 aliphatic heterocycles. The third-order valence-electron chi connectivity index (χ3n) is 6.34. The first-order chi connectivity index (χ1) is 17.7. The number of aromatic nitrogens is 1. The number of hydrogen-bond acceptors (Lipinski definition) is 3. The number of hydrogen-bond donors (Lipinski definition) is 1. The van der Waals surface area contributed by atoms with Gasteiger partial charge in [0.25, 0.3) is 0 Å². The maximum Gasteiger partial charge on any atom is 0.416 e. The summed E-state index contributed by atoms with van der Waals surface area (Å²) in [5.74, 6) is 0.452. The SMILES string of the molecule is CCCN(CC(=O)N1CCn2cccc2[C@@H]1c1cccc(OC)c1)C(=O)Nc1ccc(C(F)(F)F)cc1. The minimum Gasteiger partial charge on any atom is -0.497 e. The van der Waals surface area contributed by atoms with Crippen LogP contribution in [0.15, 0.2) is 66.9 Å². The summed E-state index contributed by atoms with van der Waals surface area (Å²) in [6.07, 6.45) is -1.88. The highest BCUT2D eigenvalue weighted by Crippen LogP contribution is 2.34. The van der Waals surface area contributed by atoms with Crippen molar-refractivity contribution in [3.05, 3.63) is 83.7 Å². The third kappa shape index (κ3) is 5.90. The number of anilines is 1. The van der Waals surface area contributed by atoms with Gasteiger partial charge in [0, 0.05) is 37.2 Å². The molecule has 0 radical (unpaired) electrons. The molecule has 7 nitrogen and oxygen atoms in total. The molecule has 2 aromatic carbocycles. The monoisotopic (exact) mass is 514 g/mol. The van der Waals surface area contributed by atoms with Crippen LogP contribution >= 0.6 is 0 Å². The molecule has 0 bridgehead atoms. The van der Waals surface area contributed by atoms with Crippen LogP contribution in [-0.2, 0) is 17.5 Å². The van der Waals surface area contributed by atoms with Gasteiger partial charge >= 0.3 is 12.2 Å². The van der Waals surface area contributed by atoms with Crippen molar-refractivity contribution < 1.29 is 27.5 Å². The molecular formula is C27H29F3N4O3. The van der Waals surface area contributed by atoms with E-state index in [1.165, 1.54) is 17.0 Å². The largest absolute Gasteiger partial charge is 0.497 e. The van der Waals surface area contributed by atoms with Gasteiger partial charge in [0.1, 0.15) is 12.3 Å². The fourth-order valence-corrected chi connectivity index (χ4v) is 4.54. The zero-order chi connectivity index (χ0) is 26.6. The summed E-state index contributed by atoms with van der Waals surface area (Å²) in [6.45, 7) is 3.12. The normalized spacial score (nSPS) is 15.2. The second kappa shape index (κ2) is 11.0. The third-order valence-corrected chi connectivity index (χ3v) is 6.34. The topological polar surface area (TPSA) is 66.8 Å². The summed E-state index contributed by atoms with van der Waals surface area (Å²) in [5, 5.41) is 2.61. The predicted molar refractivity (Wildman–Crippen MR) is 133 cm³/mol. The molecule has 0 saturated carbocycles. The molecule has 0 aliphatic carbocycles. The maximum absolute atomic E-state index is 13.6. The zero-order valence-electron chi connectivity index (χ0n) is 20.7. The lowest BCUT2D eigenvalue weighted by molar-refractivity contribution is -0.137. The number of benzene rings is 2. The molecule has 196 valence electrons. The number of ether oxygens (including phenoxy) is 1. The molecule has 3 aromatic rings. The molecule has 0 spiro atoms. The number of carbonyl (C=O) groups excluding carboxylic acids is 2. The lowest BCUT2D eigenvalue weighted by Gasteiger charge is -2.38. The lowest BCUT2D eigenvalue weighted by Crippen LogP contribution is -2.48. The molecule has 0 fully saturated rings. The van der Waals surface area contributed by atoms with Gasteiger partial charge in [0.05, 0.1) is 18.7 Å². The first kappa shape index (κ1) is 26.1. The van der Waals surface area contributed by atoms with E-state index in [0.717, 1.165) is 23.4 Å². The standard InChI is InChI=1S/C27H29F3N4O3/c1-3-13-33(26(36)31-21-11-9-20(10-12-21)27(28,29)30)18-24(35)34-16-15-32-14-5-8-23(32)25(34)19-6-4-7-22(17-19)37-2/h4-12,14,17,25H,3,13,15-16,18H2,1-2H3,(H,31,36)/t25-/m0/s1. The van der Waals surface area contributed by atoms with E-state index >= 15 is 0 Å². The summed E-state index contributed by atoms with van der Waals surface area (Å²) in [4.78, 5) is 29.7. The van der Waals surface area contributed by atoms with Gasteiger partial charge in [-0.3, -0.25) is 4.79 Å². The summed E-state index contributed by atoms with van der Waals surface area (Å²) in [5.41, 5.74) is 1.27. The Morgan fingerprint density at radius 2 is 1.84 bits per heavy atom. The summed E-state index contributed by atoms with van der Waals surface area (Å²) in [7, 11) is 1.59. The Labute approximate surface area is 213 Å². The molecular weight excluding hydrogens is 485 g/mol. The minimum atomic E-state index is -4.46. The molecule has 37 heavy (non-hydrogen) atoms. The van der Waals surface area contributed by atoms with E-state index in [4.69, 9.17) is 4.74 Å². The highest BCUT2D eigenvalue weighted by molar-refractivity contribution is 5.92. The van der Waals surface area contributed by atoms with E-state index < -0.39 is 17.8 Å². The van der Waals surface area contributed by atoms with Crippen molar-refractivity contribution in [1.82, 2.24) is 14.4 Å². The van der Waals surface area contributed by atoms with Gasteiger partial charge in [-0.05, 0) is 60.5 Å². The second-order valence-corrected chi connectivity index (χ2v) is 8.82. The Hall–Kier alpha value is -3.95. The number of carbonyl (C=O) groups is 2. The summed E-state index contributed by atoms with van der Waals surface area (Å²) >= 11 is 0. The molecule has 2 heterocycles. The van der Waals surface area contributed by atoms with Crippen LogP contribution in [0.1, 0.15) is 36.2 Å². The first-order valence-corrected chi connectivity index (χ1v) is 12.0. The number of urea groups is 1. The van der Waals surface area contributed by atoms with Crippen molar-refractivity contribution in [1.29, 1.82) is 0 Å². The van der Waals surface area contributed by atoms with Crippen molar-refractivity contribution in [2.24, 2.45) is 0 Å². The van der Waals surface area contributed by atoms with Crippen molar-refractivity contribution in [2.45, 2.75) is 32.1 Å². The van der Waals surface area contributed by atoms with Crippen molar-refractivity contribution in [3.8, 4) is 5.75 Å². The Morgan fingerprint density at radius 1 is 1.08 bits per heavy atom. The Kier molecular flexibility index (Phi) is 7.75. The number of methoxy groups -OCH3 is 1. The van der Waals surface area contributed by atoms with Gasteiger partial charge in [-0.2, -0.15) is 13.2 Å². The van der Waals surface area contributed by atoms with Gasteiger partial charge < -0.3 is 24.4 Å². The Balaban J connectivity index is 1.53. The fourth-order valence-electron chi connectivity index (χ4n) is 4.54. The first-order valence-electron chi connectivity index (χ1n) is 12.0. The predicted octanol–water partition coefficient (Wildman–Crippen LogP) is 5.39. The van der Waals surface area contributed by atoms with Crippen molar-refractivity contribution >= 4 is 17.6 Å². The second-order valence-electron chi connectivity index (χ2n) is 8.82. The van der Waals surface area contributed by atoms with Crippen LogP contribution < -0.4 is 10.1 Å². The molecule has 0 saturated heterocycles.